The Morgan fingerprint density at radius 1 is 0.792 bits per heavy atom. The molecule has 3 rings (SSSR count). The second-order valence-electron chi connectivity index (χ2n) is 6.56. The van der Waals surface area contributed by atoms with Crippen LogP contribution in [-0.2, 0) is 13.1 Å². The number of piperazine rings is 1. The molecule has 0 spiro atoms. The van der Waals surface area contributed by atoms with Gasteiger partial charge < -0.3 is 14.5 Å². The van der Waals surface area contributed by atoms with Gasteiger partial charge in [-0.05, 0) is 43.3 Å². The number of halogens is 1. The number of benzene rings is 2. The van der Waals surface area contributed by atoms with E-state index in [-0.39, 0.29) is 0 Å². The van der Waals surface area contributed by atoms with Crippen LogP contribution in [0.15, 0.2) is 53.0 Å². The van der Waals surface area contributed by atoms with Crippen molar-refractivity contribution in [2.75, 3.05) is 32.8 Å². The van der Waals surface area contributed by atoms with Gasteiger partial charge in [0.05, 0.1) is 6.61 Å². The maximum Gasteiger partial charge on any atom is 0.127 e. The standard InChI is InChI=1S/C20H25BrN2O/c1-2-24-20-9-5-18(6-10-20)16-23-13-11-22(12-14-23)15-17-3-7-19(21)8-4-17/h3-10H,2,11-16H2,1H3/p+2. The van der Waals surface area contributed by atoms with E-state index in [9.17, 15) is 0 Å². The van der Waals surface area contributed by atoms with Crippen LogP contribution >= 0.6 is 15.9 Å². The molecule has 1 aliphatic heterocycles. The summed E-state index contributed by atoms with van der Waals surface area (Å²) in [7, 11) is 0. The summed E-state index contributed by atoms with van der Waals surface area (Å²) in [5, 5.41) is 0. The van der Waals surface area contributed by atoms with Crippen LogP contribution in [0, 0.1) is 0 Å². The highest BCUT2D eigenvalue weighted by Crippen LogP contribution is 2.11. The van der Waals surface area contributed by atoms with Crippen LogP contribution in [0.3, 0.4) is 0 Å². The van der Waals surface area contributed by atoms with E-state index < -0.39 is 0 Å². The summed E-state index contributed by atoms with van der Waals surface area (Å²) in [6.07, 6.45) is 0. The molecule has 4 heteroatoms. The Balaban J connectivity index is 1.45. The van der Waals surface area contributed by atoms with Gasteiger partial charge in [0.15, 0.2) is 0 Å². The van der Waals surface area contributed by atoms with Gasteiger partial charge in [-0.25, -0.2) is 0 Å². The molecule has 3 nitrogen and oxygen atoms in total. The lowest BCUT2D eigenvalue weighted by molar-refractivity contribution is -1.02. The monoisotopic (exact) mass is 390 g/mol. The van der Waals surface area contributed by atoms with Crippen molar-refractivity contribution in [1.82, 2.24) is 0 Å². The molecule has 0 unspecified atom stereocenters. The van der Waals surface area contributed by atoms with Gasteiger partial charge in [-0.2, -0.15) is 0 Å². The third-order valence-corrected chi connectivity index (χ3v) is 5.25. The van der Waals surface area contributed by atoms with Gasteiger partial charge in [-0.1, -0.05) is 28.1 Å². The predicted octanol–water partition coefficient (Wildman–Crippen LogP) is 1.33. The van der Waals surface area contributed by atoms with Gasteiger partial charge in [0.2, 0.25) is 0 Å². The molecule has 0 saturated carbocycles. The lowest BCUT2D eigenvalue weighted by atomic mass is 10.1. The Hall–Kier alpha value is -1.36. The maximum absolute atomic E-state index is 5.52. The normalized spacial score (nSPS) is 20.8. The van der Waals surface area contributed by atoms with Crippen LogP contribution in [0.2, 0.25) is 0 Å². The topological polar surface area (TPSA) is 18.1 Å². The van der Waals surface area contributed by atoms with Gasteiger partial charge in [0, 0.05) is 15.6 Å². The zero-order valence-electron chi connectivity index (χ0n) is 14.4. The van der Waals surface area contributed by atoms with E-state index in [4.69, 9.17) is 4.74 Å². The molecule has 1 saturated heterocycles. The average Bonchev–Trinajstić information content (AvgIpc) is 2.61. The molecule has 0 atom stereocenters. The highest BCUT2D eigenvalue weighted by atomic mass is 79.9. The lowest BCUT2D eigenvalue weighted by Crippen LogP contribution is -3.27. The fourth-order valence-electron chi connectivity index (χ4n) is 3.36. The molecule has 0 radical (unpaired) electrons. The van der Waals surface area contributed by atoms with Gasteiger partial charge in [0.25, 0.3) is 0 Å². The van der Waals surface area contributed by atoms with Crippen LogP contribution in [0.4, 0.5) is 0 Å². The Morgan fingerprint density at radius 3 is 1.71 bits per heavy atom. The summed E-state index contributed by atoms with van der Waals surface area (Å²) in [6.45, 7) is 10.0. The number of hydrogen-bond donors (Lipinski definition) is 2. The van der Waals surface area contributed by atoms with E-state index in [0.717, 1.165) is 29.9 Å². The Bertz CT molecular complexity index is 619. The number of rotatable bonds is 6. The molecule has 1 fully saturated rings. The first-order valence-corrected chi connectivity index (χ1v) is 9.65. The molecule has 2 aromatic carbocycles. The lowest BCUT2D eigenvalue weighted by Gasteiger charge is -2.29. The predicted molar refractivity (Wildman–Crippen MR) is 101 cm³/mol. The minimum absolute atomic E-state index is 0.730. The van der Waals surface area contributed by atoms with Crippen LogP contribution < -0.4 is 14.5 Å². The van der Waals surface area contributed by atoms with Crippen LogP contribution in [0.5, 0.6) is 5.75 Å². The first-order valence-electron chi connectivity index (χ1n) is 8.86. The van der Waals surface area contributed by atoms with Gasteiger partial charge >= 0.3 is 0 Å². The largest absolute Gasteiger partial charge is 0.494 e. The molecule has 0 aliphatic carbocycles. The van der Waals surface area contributed by atoms with Crippen molar-refractivity contribution in [3.05, 3.63) is 64.1 Å². The van der Waals surface area contributed by atoms with E-state index in [1.165, 1.54) is 37.3 Å². The fourth-order valence-corrected chi connectivity index (χ4v) is 3.62. The molecule has 128 valence electrons. The summed E-state index contributed by atoms with van der Waals surface area (Å²) >= 11 is 3.51. The molecule has 24 heavy (non-hydrogen) atoms. The zero-order valence-corrected chi connectivity index (χ0v) is 15.9. The van der Waals surface area contributed by atoms with Crippen molar-refractivity contribution in [3.8, 4) is 5.75 Å². The van der Waals surface area contributed by atoms with Gasteiger partial charge in [0.1, 0.15) is 45.0 Å². The van der Waals surface area contributed by atoms with Crippen LogP contribution in [0.1, 0.15) is 18.1 Å². The Morgan fingerprint density at radius 2 is 1.25 bits per heavy atom. The molecule has 0 amide bonds. The van der Waals surface area contributed by atoms with Crippen molar-refractivity contribution >= 4 is 15.9 Å². The highest BCUT2D eigenvalue weighted by molar-refractivity contribution is 9.10. The molecule has 2 aromatic rings. The highest BCUT2D eigenvalue weighted by Gasteiger charge is 2.23. The van der Waals surface area contributed by atoms with Crippen molar-refractivity contribution in [1.29, 1.82) is 0 Å². The van der Waals surface area contributed by atoms with E-state index >= 15 is 0 Å². The van der Waals surface area contributed by atoms with Crippen LogP contribution in [0.25, 0.3) is 0 Å². The van der Waals surface area contributed by atoms with Crippen molar-refractivity contribution in [3.63, 3.8) is 0 Å². The third-order valence-electron chi connectivity index (χ3n) is 4.72. The van der Waals surface area contributed by atoms with Crippen LogP contribution in [-0.4, -0.2) is 32.8 Å². The van der Waals surface area contributed by atoms with E-state index in [0.29, 0.717) is 0 Å². The summed E-state index contributed by atoms with van der Waals surface area (Å²) in [5.41, 5.74) is 2.84. The molecule has 2 N–H and O–H groups in total. The molecular weight excluding hydrogens is 364 g/mol. The van der Waals surface area contributed by atoms with Crippen molar-refractivity contribution in [2.24, 2.45) is 0 Å². The number of hydrogen-bond acceptors (Lipinski definition) is 1. The second kappa shape index (κ2) is 8.65. The van der Waals surface area contributed by atoms with Gasteiger partial charge in [-0.3, -0.25) is 0 Å². The maximum atomic E-state index is 5.52. The molecule has 1 heterocycles. The van der Waals surface area contributed by atoms with E-state index in [2.05, 4.69) is 64.5 Å². The smallest absolute Gasteiger partial charge is 0.127 e. The number of ether oxygens (including phenoxy) is 1. The summed E-state index contributed by atoms with van der Waals surface area (Å²) in [6, 6.07) is 17.3. The summed E-state index contributed by atoms with van der Waals surface area (Å²) < 4.78 is 6.67. The fraction of sp³-hybridized carbons (Fsp3) is 0.400. The number of quaternary nitrogens is 2. The Labute approximate surface area is 153 Å². The minimum Gasteiger partial charge on any atom is -0.494 e. The Kier molecular flexibility index (Phi) is 6.30. The average molecular weight is 391 g/mol. The quantitative estimate of drug-likeness (QED) is 0.761. The first kappa shape index (κ1) is 17.5. The van der Waals surface area contributed by atoms with Gasteiger partial charge in [-0.15, -0.1) is 0 Å². The second-order valence-corrected chi connectivity index (χ2v) is 7.47. The molecule has 1 aliphatic rings. The van der Waals surface area contributed by atoms with E-state index in [1.54, 1.807) is 9.80 Å². The molecular formula is C20H27BrN2O+2. The van der Waals surface area contributed by atoms with E-state index in [1.807, 2.05) is 6.92 Å². The summed E-state index contributed by atoms with van der Waals surface area (Å²) in [4.78, 5) is 3.39. The first-order chi connectivity index (χ1) is 11.7. The molecule has 0 bridgehead atoms. The zero-order chi connectivity index (χ0) is 16.8. The van der Waals surface area contributed by atoms with Crippen molar-refractivity contribution in [2.45, 2.75) is 20.0 Å². The SMILES string of the molecule is CCOc1ccc(C[NH+]2CC[NH+](Cc3ccc(Br)cc3)CC2)cc1. The minimum atomic E-state index is 0.730. The molecule has 0 aromatic heterocycles. The number of nitrogens with one attached hydrogen (secondary N) is 2. The van der Waals surface area contributed by atoms with Crippen molar-refractivity contribution < 1.29 is 14.5 Å². The summed E-state index contributed by atoms with van der Waals surface area (Å²) in [5.74, 6) is 0.972. The third kappa shape index (κ3) is 5.07.